The molecule has 2 aromatic rings. The highest BCUT2D eigenvalue weighted by Gasteiger charge is 2.38. The van der Waals surface area contributed by atoms with Crippen molar-refractivity contribution in [1.29, 1.82) is 0 Å². The number of fused-ring (bicyclic) bond motifs is 1. The van der Waals surface area contributed by atoms with Gasteiger partial charge in [-0.2, -0.15) is 9.61 Å². The summed E-state index contributed by atoms with van der Waals surface area (Å²) in [5.41, 5.74) is -0.560. The van der Waals surface area contributed by atoms with Crippen LogP contribution in [0.1, 0.15) is 81.9 Å². The van der Waals surface area contributed by atoms with Gasteiger partial charge >= 0.3 is 0 Å². The molecule has 1 aliphatic heterocycles. The molecule has 3 N–H and O–H groups in total. The van der Waals surface area contributed by atoms with E-state index in [9.17, 15) is 24.6 Å². The number of aromatic nitrogens is 3. The fourth-order valence-corrected chi connectivity index (χ4v) is 4.97. The minimum atomic E-state index is -1.01. The number of carbonyl (C=O) groups is 2. The van der Waals surface area contributed by atoms with Crippen LogP contribution in [0.25, 0.3) is 11.7 Å². The third-order valence-corrected chi connectivity index (χ3v) is 6.88. The molecule has 1 atom stereocenters. The predicted octanol–water partition coefficient (Wildman–Crippen LogP) is 2.09. The van der Waals surface area contributed by atoms with Gasteiger partial charge in [0, 0.05) is 30.8 Å². The Labute approximate surface area is 210 Å². The second-order valence-electron chi connectivity index (χ2n) is 10.9. The summed E-state index contributed by atoms with van der Waals surface area (Å²) in [6, 6.07) is -0.253. The van der Waals surface area contributed by atoms with E-state index in [1.54, 1.807) is 29.4 Å². The molecule has 1 aliphatic carbocycles. The highest BCUT2D eigenvalue weighted by molar-refractivity contribution is 5.97. The molecule has 36 heavy (non-hydrogen) atoms. The number of aliphatic hydroxyl groups is 1. The summed E-state index contributed by atoms with van der Waals surface area (Å²) >= 11 is 0. The fraction of sp³-hybridized carbons (Fsp3) is 0.615. The van der Waals surface area contributed by atoms with Crippen molar-refractivity contribution in [3.63, 3.8) is 0 Å². The Morgan fingerprint density at radius 1 is 1.25 bits per heavy atom. The molecule has 3 heterocycles. The summed E-state index contributed by atoms with van der Waals surface area (Å²) in [6.45, 7) is 10.1. The number of likely N-dealkylation sites (tertiary alicyclic amines) is 1. The van der Waals surface area contributed by atoms with Crippen LogP contribution in [0.15, 0.2) is 10.9 Å². The molecule has 0 radical (unpaired) electrons. The first-order chi connectivity index (χ1) is 16.9. The van der Waals surface area contributed by atoms with Crippen molar-refractivity contribution in [2.24, 2.45) is 5.92 Å². The van der Waals surface area contributed by atoms with Gasteiger partial charge in [0.15, 0.2) is 5.56 Å². The third-order valence-electron chi connectivity index (χ3n) is 6.88. The fourth-order valence-electron chi connectivity index (χ4n) is 4.97. The van der Waals surface area contributed by atoms with Crippen molar-refractivity contribution in [2.75, 3.05) is 6.54 Å². The van der Waals surface area contributed by atoms with Crippen LogP contribution in [-0.4, -0.2) is 65.3 Å². The van der Waals surface area contributed by atoms with E-state index < -0.39 is 22.9 Å². The number of aryl methyl sites for hydroxylation is 1. The van der Waals surface area contributed by atoms with Gasteiger partial charge in [0.25, 0.3) is 11.5 Å². The maximum Gasteiger partial charge on any atom is 0.291 e. The van der Waals surface area contributed by atoms with Crippen LogP contribution in [0.5, 0.6) is 5.88 Å². The summed E-state index contributed by atoms with van der Waals surface area (Å²) in [4.78, 5) is 41.0. The van der Waals surface area contributed by atoms with E-state index in [4.69, 9.17) is 0 Å². The van der Waals surface area contributed by atoms with Gasteiger partial charge in [0.05, 0.1) is 17.3 Å². The molecule has 0 bridgehead atoms. The Balaban J connectivity index is 1.82. The van der Waals surface area contributed by atoms with Crippen LogP contribution in [0.2, 0.25) is 0 Å². The van der Waals surface area contributed by atoms with E-state index in [1.165, 1.54) is 10.6 Å². The zero-order valence-corrected chi connectivity index (χ0v) is 21.7. The third kappa shape index (κ3) is 4.91. The molecular weight excluding hydrogens is 462 g/mol. The molecule has 2 fully saturated rings. The van der Waals surface area contributed by atoms with Crippen molar-refractivity contribution in [1.82, 2.24) is 24.4 Å². The van der Waals surface area contributed by atoms with E-state index in [-0.39, 0.29) is 29.5 Å². The molecule has 196 valence electrons. The normalized spacial score (nSPS) is 18.6. The maximum absolute atomic E-state index is 13.4. The SMILES string of the molecule is CCc1nn2c(=O)c(C(=O)NC3CC3)c(O)n(CC(C)C)c2c1/C=C/C(=O)N1CCC[C@@H]1C(C)(C)O. The molecule has 1 saturated heterocycles. The van der Waals surface area contributed by atoms with Crippen LogP contribution >= 0.6 is 0 Å². The summed E-state index contributed by atoms with van der Waals surface area (Å²) in [6.07, 6.45) is 6.80. The minimum absolute atomic E-state index is 0.0252. The molecule has 10 heteroatoms. The smallest absolute Gasteiger partial charge is 0.291 e. The molecule has 0 spiro atoms. The number of carbonyl (C=O) groups excluding carboxylic acids is 2. The lowest BCUT2D eigenvalue weighted by molar-refractivity contribution is -0.131. The maximum atomic E-state index is 13.4. The lowest BCUT2D eigenvalue weighted by atomic mass is 9.96. The highest BCUT2D eigenvalue weighted by atomic mass is 16.3. The van der Waals surface area contributed by atoms with Crippen LogP contribution in [-0.2, 0) is 17.8 Å². The van der Waals surface area contributed by atoms with Crippen LogP contribution in [0.3, 0.4) is 0 Å². The average Bonchev–Trinajstić information content (AvgIpc) is 3.32. The second kappa shape index (κ2) is 9.72. The van der Waals surface area contributed by atoms with Gasteiger partial charge in [-0.05, 0) is 57.9 Å². The molecule has 2 aromatic heterocycles. The zero-order valence-electron chi connectivity index (χ0n) is 21.7. The van der Waals surface area contributed by atoms with E-state index >= 15 is 0 Å². The molecule has 0 unspecified atom stereocenters. The van der Waals surface area contributed by atoms with E-state index in [0.29, 0.717) is 36.4 Å². The Hall–Kier alpha value is -3.14. The van der Waals surface area contributed by atoms with Crippen molar-refractivity contribution in [3.8, 4) is 5.88 Å². The van der Waals surface area contributed by atoms with E-state index in [0.717, 1.165) is 25.7 Å². The van der Waals surface area contributed by atoms with Gasteiger partial charge in [-0.25, -0.2) is 0 Å². The van der Waals surface area contributed by atoms with E-state index in [2.05, 4.69) is 10.4 Å². The molecule has 2 aliphatic rings. The largest absolute Gasteiger partial charge is 0.494 e. The van der Waals surface area contributed by atoms with Gasteiger partial charge in [-0.15, -0.1) is 0 Å². The highest BCUT2D eigenvalue weighted by Crippen LogP contribution is 2.29. The van der Waals surface area contributed by atoms with Gasteiger partial charge in [0.2, 0.25) is 11.8 Å². The zero-order chi connectivity index (χ0) is 26.4. The molecular formula is C26H37N5O5. The van der Waals surface area contributed by atoms with E-state index in [1.807, 2.05) is 20.8 Å². The van der Waals surface area contributed by atoms with Gasteiger partial charge in [0.1, 0.15) is 5.65 Å². The van der Waals surface area contributed by atoms with Crippen molar-refractivity contribution in [3.05, 3.63) is 33.3 Å². The van der Waals surface area contributed by atoms with Gasteiger partial charge < -0.3 is 20.4 Å². The molecule has 10 nitrogen and oxygen atoms in total. The summed E-state index contributed by atoms with van der Waals surface area (Å²) in [7, 11) is 0. The molecule has 0 aromatic carbocycles. The van der Waals surface area contributed by atoms with Crippen LogP contribution < -0.4 is 10.9 Å². The number of aromatic hydroxyl groups is 1. The van der Waals surface area contributed by atoms with Crippen LogP contribution in [0, 0.1) is 5.92 Å². The number of nitrogens with one attached hydrogen (secondary N) is 1. The first-order valence-electron chi connectivity index (χ1n) is 12.8. The quantitative estimate of drug-likeness (QED) is 0.477. The number of amides is 2. The number of nitrogens with zero attached hydrogens (tertiary/aromatic N) is 4. The number of rotatable bonds is 8. The monoisotopic (exact) mass is 499 g/mol. The standard InChI is InChI=1S/C26H37N5O5/c1-6-18-17(11-12-20(32)29-13-7-8-19(29)26(4,5)36)23-30(14-15(2)3)24(34)21(25(35)31(23)28-18)22(33)27-16-9-10-16/h11-12,15-16,19,34,36H,6-10,13-14H2,1-5H3,(H,27,33)/b12-11+/t19-/m1/s1. The summed E-state index contributed by atoms with van der Waals surface area (Å²) in [5, 5.41) is 28.9. The Bertz CT molecular complexity index is 1260. The topological polar surface area (TPSA) is 129 Å². The number of hydrogen-bond donors (Lipinski definition) is 3. The Morgan fingerprint density at radius 3 is 2.53 bits per heavy atom. The lowest BCUT2D eigenvalue weighted by Gasteiger charge is -2.33. The van der Waals surface area contributed by atoms with Crippen molar-refractivity contribution < 1.29 is 19.8 Å². The number of hydrogen-bond acceptors (Lipinski definition) is 6. The van der Waals surface area contributed by atoms with Crippen LogP contribution in [0.4, 0.5) is 0 Å². The Morgan fingerprint density at radius 2 is 1.94 bits per heavy atom. The van der Waals surface area contributed by atoms with Crippen molar-refractivity contribution in [2.45, 2.75) is 91.0 Å². The molecule has 2 amide bonds. The van der Waals surface area contributed by atoms with Crippen molar-refractivity contribution >= 4 is 23.5 Å². The molecule has 4 rings (SSSR count). The summed E-state index contributed by atoms with van der Waals surface area (Å²) < 4.78 is 2.71. The van der Waals surface area contributed by atoms with Gasteiger partial charge in [-0.3, -0.25) is 19.0 Å². The average molecular weight is 500 g/mol. The first-order valence-corrected chi connectivity index (χ1v) is 12.8. The first kappa shape index (κ1) is 25.9. The molecule has 1 saturated carbocycles. The predicted molar refractivity (Wildman–Crippen MR) is 136 cm³/mol. The Kier molecular flexibility index (Phi) is 7.01. The second-order valence-corrected chi connectivity index (χ2v) is 10.9. The minimum Gasteiger partial charge on any atom is -0.494 e. The summed E-state index contributed by atoms with van der Waals surface area (Å²) in [5.74, 6) is -1.14. The van der Waals surface area contributed by atoms with Gasteiger partial charge in [-0.1, -0.05) is 20.8 Å². The lowest BCUT2D eigenvalue weighted by Crippen LogP contribution is -2.47.